The maximum Gasteiger partial charge on any atom is 0.271 e. The van der Waals surface area contributed by atoms with Crippen LogP contribution in [-0.2, 0) is 17.6 Å². The lowest BCUT2D eigenvalue weighted by Gasteiger charge is -2.19. The molecule has 33 heavy (non-hydrogen) atoms. The van der Waals surface area contributed by atoms with Gasteiger partial charge in [-0.15, -0.1) is 0 Å². The number of benzene rings is 1. The van der Waals surface area contributed by atoms with E-state index in [2.05, 4.69) is 25.6 Å². The van der Waals surface area contributed by atoms with E-state index >= 15 is 0 Å². The Morgan fingerprint density at radius 2 is 1.73 bits per heavy atom. The first-order valence-corrected chi connectivity index (χ1v) is 10.8. The Morgan fingerprint density at radius 3 is 2.48 bits per heavy atom. The number of carbonyl (C=O) groups excluding carboxylic acids is 1. The topological polar surface area (TPSA) is 99.8 Å². The van der Waals surface area contributed by atoms with Crippen LogP contribution >= 0.6 is 0 Å². The fourth-order valence-corrected chi connectivity index (χ4v) is 3.54. The van der Waals surface area contributed by atoms with Gasteiger partial charge in [0.2, 0.25) is 5.91 Å². The summed E-state index contributed by atoms with van der Waals surface area (Å²) in [6.45, 7) is 0.579. The summed E-state index contributed by atoms with van der Waals surface area (Å²) < 4.78 is 0. The molecule has 0 aliphatic rings. The van der Waals surface area contributed by atoms with E-state index in [0.717, 1.165) is 22.4 Å². The lowest BCUT2D eigenvalue weighted by molar-refractivity contribution is -0.118. The molecular weight excluding hydrogens is 414 g/mol. The zero-order valence-electron chi connectivity index (χ0n) is 18.1. The summed E-state index contributed by atoms with van der Waals surface area (Å²) in [5.74, 6) is -0.266. The van der Waals surface area contributed by atoms with E-state index in [1.165, 1.54) is 0 Å². The molecule has 7 heteroatoms. The van der Waals surface area contributed by atoms with Gasteiger partial charge in [-0.25, -0.2) is 0 Å². The molecule has 0 unspecified atom stereocenters. The average Bonchev–Trinajstić information content (AvgIpc) is 2.86. The minimum atomic E-state index is -0.514. The highest BCUT2D eigenvalue weighted by Gasteiger charge is 2.20. The second-order valence-corrected chi connectivity index (χ2v) is 7.62. The summed E-state index contributed by atoms with van der Waals surface area (Å²) in [4.78, 5) is 36.7. The van der Waals surface area contributed by atoms with Gasteiger partial charge in [-0.2, -0.15) is 0 Å². The van der Waals surface area contributed by atoms with Crippen LogP contribution in [0.1, 0.15) is 11.3 Å². The van der Waals surface area contributed by atoms with Crippen molar-refractivity contribution in [1.29, 1.82) is 0 Å². The molecule has 0 aliphatic heterocycles. The molecule has 0 fully saturated rings. The lowest BCUT2D eigenvalue weighted by Crippen LogP contribution is -2.43. The smallest absolute Gasteiger partial charge is 0.271 e. The molecule has 3 heterocycles. The molecule has 0 spiro atoms. The molecule has 4 rings (SSSR count). The van der Waals surface area contributed by atoms with Crippen molar-refractivity contribution < 1.29 is 4.79 Å². The van der Waals surface area contributed by atoms with Crippen molar-refractivity contribution in [2.45, 2.75) is 18.9 Å². The summed E-state index contributed by atoms with van der Waals surface area (Å²) >= 11 is 0. The molecule has 4 aromatic rings. The van der Waals surface area contributed by atoms with Gasteiger partial charge < -0.3 is 15.6 Å². The fourth-order valence-electron chi connectivity index (χ4n) is 3.54. The van der Waals surface area contributed by atoms with Gasteiger partial charge in [0, 0.05) is 49.0 Å². The third-order valence-corrected chi connectivity index (χ3v) is 5.27. The highest BCUT2D eigenvalue weighted by molar-refractivity contribution is 5.95. The van der Waals surface area contributed by atoms with Crippen molar-refractivity contribution in [3.8, 4) is 11.1 Å². The first-order valence-electron chi connectivity index (χ1n) is 10.8. The number of hydrogen-bond acceptors (Lipinski definition) is 5. The third kappa shape index (κ3) is 6.21. The second-order valence-electron chi connectivity index (χ2n) is 7.62. The molecule has 1 amide bonds. The number of amides is 1. The Morgan fingerprint density at radius 1 is 0.939 bits per heavy atom. The standard InChI is InChI=1S/C26H25N5O2/c32-25-24(17-21(18-30-25)20-9-13-27-14-10-20)31-26(33)23(16-19-6-2-1-3-7-19)29-15-11-22-8-4-5-12-28-22/h1-10,12-14,17-18,23,29H,11,15-16H2,(H,30,32)(H,31,33)/t23-/m0/s1. The molecule has 0 aliphatic carbocycles. The van der Waals surface area contributed by atoms with E-state index in [1.54, 1.807) is 30.9 Å². The monoisotopic (exact) mass is 439 g/mol. The Balaban J connectivity index is 1.50. The van der Waals surface area contributed by atoms with E-state index in [0.29, 0.717) is 19.4 Å². The van der Waals surface area contributed by atoms with Crippen molar-refractivity contribution in [1.82, 2.24) is 20.3 Å². The number of carbonyl (C=O) groups is 1. The molecule has 3 aromatic heterocycles. The number of hydrogen-bond donors (Lipinski definition) is 3. The second kappa shape index (κ2) is 11.0. The number of aromatic amines is 1. The molecule has 0 radical (unpaired) electrons. The zero-order valence-corrected chi connectivity index (χ0v) is 18.1. The number of anilines is 1. The Bertz CT molecular complexity index is 1230. The van der Waals surface area contributed by atoms with Gasteiger partial charge in [0.25, 0.3) is 5.56 Å². The number of H-pyrrole nitrogens is 1. The molecule has 0 saturated heterocycles. The molecule has 0 bridgehead atoms. The molecule has 1 aromatic carbocycles. The van der Waals surface area contributed by atoms with Gasteiger partial charge in [0.15, 0.2) is 0 Å². The van der Waals surface area contributed by atoms with E-state index in [4.69, 9.17) is 0 Å². The molecule has 166 valence electrons. The summed E-state index contributed by atoms with van der Waals surface area (Å²) in [7, 11) is 0. The predicted octanol–water partition coefficient (Wildman–Crippen LogP) is 3.21. The van der Waals surface area contributed by atoms with E-state index < -0.39 is 6.04 Å². The van der Waals surface area contributed by atoms with Crippen LogP contribution < -0.4 is 16.2 Å². The van der Waals surface area contributed by atoms with Crippen molar-refractivity contribution in [3.05, 3.63) is 113 Å². The quantitative estimate of drug-likeness (QED) is 0.372. The van der Waals surface area contributed by atoms with Crippen molar-refractivity contribution in [2.75, 3.05) is 11.9 Å². The van der Waals surface area contributed by atoms with E-state index in [-0.39, 0.29) is 17.2 Å². The van der Waals surface area contributed by atoms with Crippen LogP contribution in [0.4, 0.5) is 5.69 Å². The lowest BCUT2D eigenvalue weighted by atomic mass is 10.0. The van der Waals surface area contributed by atoms with Gasteiger partial charge >= 0.3 is 0 Å². The fraction of sp³-hybridized carbons (Fsp3) is 0.154. The van der Waals surface area contributed by atoms with Crippen LogP contribution in [0.2, 0.25) is 0 Å². The minimum Gasteiger partial charge on any atom is -0.327 e. The largest absolute Gasteiger partial charge is 0.327 e. The maximum absolute atomic E-state index is 13.2. The van der Waals surface area contributed by atoms with Crippen molar-refractivity contribution in [2.24, 2.45) is 0 Å². The first-order chi connectivity index (χ1) is 16.2. The van der Waals surface area contributed by atoms with Crippen LogP contribution in [0.5, 0.6) is 0 Å². The normalized spacial score (nSPS) is 11.6. The number of pyridine rings is 3. The number of aromatic nitrogens is 3. The van der Waals surface area contributed by atoms with Gasteiger partial charge in [0.05, 0.1) is 6.04 Å². The summed E-state index contributed by atoms with van der Waals surface area (Å²) in [6, 6.07) is 20.4. The van der Waals surface area contributed by atoms with Gasteiger partial charge in [-0.1, -0.05) is 36.4 Å². The average molecular weight is 440 g/mol. The summed E-state index contributed by atoms with van der Waals surface area (Å²) in [5, 5.41) is 6.14. The summed E-state index contributed by atoms with van der Waals surface area (Å²) in [5.41, 5.74) is 3.51. The number of rotatable bonds is 9. The van der Waals surface area contributed by atoms with Crippen molar-refractivity contribution in [3.63, 3.8) is 0 Å². The number of nitrogens with one attached hydrogen (secondary N) is 3. The summed E-state index contributed by atoms with van der Waals surface area (Å²) in [6.07, 6.45) is 7.93. The highest BCUT2D eigenvalue weighted by Crippen LogP contribution is 2.19. The first kappa shape index (κ1) is 22.1. The van der Waals surface area contributed by atoms with Gasteiger partial charge in [-0.05, 0) is 47.9 Å². The van der Waals surface area contributed by atoms with Crippen LogP contribution in [-0.4, -0.2) is 33.4 Å². The van der Waals surface area contributed by atoms with Crippen LogP contribution in [0.3, 0.4) is 0 Å². The van der Waals surface area contributed by atoms with Gasteiger partial charge in [0.1, 0.15) is 5.69 Å². The van der Waals surface area contributed by atoms with Crippen LogP contribution in [0, 0.1) is 0 Å². The molecule has 3 N–H and O–H groups in total. The Labute approximate surface area is 192 Å². The number of nitrogens with zero attached hydrogens (tertiary/aromatic N) is 2. The molecule has 1 atom stereocenters. The molecule has 7 nitrogen and oxygen atoms in total. The SMILES string of the molecule is O=C(Nc1cc(-c2ccncc2)c[nH]c1=O)[C@H](Cc1ccccc1)NCCc1ccccn1. The van der Waals surface area contributed by atoms with E-state index in [9.17, 15) is 9.59 Å². The van der Waals surface area contributed by atoms with Gasteiger partial charge in [-0.3, -0.25) is 19.6 Å². The Hall–Kier alpha value is -4.10. The van der Waals surface area contributed by atoms with E-state index in [1.807, 2.05) is 60.7 Å². The zero-order chi connectivity index (χ0) is 22.9. The minimum absolute atomic E-state index is 0.207. The highest BCUT2D eigenvalue weighted by atomic mass is 16.2. The molecular formula is C26H25N5O2. The maximum atomic E-state index is 13.2. The van der Waals surface area contributed by atoms with Crippen LogP contribution in [0.25, 0.3) is 11.1 Å². The van der Waals surface area contributed by atoms with Crippen LogP contribution in [0.15, 0.2) is 96.3 Å². The Kier molecular flexibility index (Phi) is 7.35. The molecule has 0 saturated carbocycles. The third-order valence-electron chi connectivity index (χ3n) is 5.27. The van der Waals surface area contributed by atoms with Crippen molar-refractivity contribution >= 4 is 11.6 Å². The predicted molar refractivity (Wildman–Crippen MR) is 129 cm³/mol.